The molecule has 0 radical (unpaired) electrons. The molecule has 0 unspecified atom stereocenters. The Hall–Kier alpha value is -4.56. The lowest BCUT2D eigenvalue weighted by molar-refractivity contribution is -0.142. The van der Waals surface area contributed by atoms with Crippen molar-refractivity contribution in [2.75, 3.05) is 20.1 Å². The van der Waals surface area contributed by atoms with Gasteiger partial charge in [-0.3, -0.25) is 19.4 Å². The normalized spacial score (nSPS) is 13.2. The summed E-state index contributed by atoms with van der Waals surface area (Å²) in [5.74, 6) is -3.94. The molecular formula is C28H45N7O8. The minimum atomic E-state index is -1.31. The van der Waals surface area contributed by atoms with Gasteiger partial charge in [-0.1, -0.05) is 26.0 Å². The molecular weight excluding hydrogens is 562 g/mol. The summed E-state index contributed by atoms with van der Waals surface area (Å²) in [6.07, 6.45) is -0.400. The molecule has 240 valence electrons. The van der Waals surface area contributed by atoms with Gasteiger partial charge in [0.2, 0.25) is 17.7 Å². The molecule has 0 saturated heterocycles. The summed E-state index contributed by atoms with van der Waals surface area (Å²) in [6.45, 7) is 8.16. The molecule has 0 fully saturated rings. The quantitative estimate of drug-likeness (QED) is 0.0803. The van der Waals surface area contributed by atoms with Gasteiger partial charge in [0.1, 0.15) is 36.0 Å². The third-order valence-electron chi connectivity index (χ3n) is 5.92. The minimum absolute atomic E-state index is 0.0127. The van der Waals surface area contributed by atoms with Crippen molar-refractivity contribution in [1.29, 1.82) is 0 Å². The highest BCUT2D eigenvalue weighted by Crippen LogP contribution is 2.13. The van der Waals surface area contributed by atoms with Crippen LogP contribution < -0.4 is 27.4 Å². The maximum Gasteiger partial charge on any atom is 0.410 e. The molecule has 15 nitrogen and oxygen atoms in total. The number of carbonyl (C=O) groups excluding carboxylic acids is 4. The van der Waals surface area contributed by atoms with E-state index >= 15 is 0 Å². The molecule has 0 saturated carbocycles. The number of carboxylic acid groups (broad SMARTS) is 1. The number of rotatable bonds is 15. The Morgan fingerprint density at radius 3 is 2.09 bits per heavy atom. The molecule has 3 atom stereocenters. The van der Waals surface area contributed by atoms with Gasteiger partial charge < -0.3 is 47.3 Å². The second-order valence-corrected chi connectivity index (χ2v) is 11.4. The maximum absolute atomic E-state index is 13.3. The number of benzene rings is 1. The Bertz CT molecular complexity index is 1140. The smallest absolute Gasteiger partial charge is 0.410 e. The van der Waals surface area contributed by atoms with E-state index in [1.165, 1.54) is 31.3 Å². The Morgan fingerprint density at radius 1 is 0.977 bits per heavy atom. The zero-order valence-electron chi connectivity index (χ0n) is 25.5. The zero-order valence-corrected chi connectivity index (χ0v) is 25.5. The number of amides is 4. The van der Waals surface area contributed by atoms with Crippen LogP contribution >= 0.6 is 0 Å². The molecule has 0 aliphatic heterocycles. The van der Waals surface area contributed by atoms with Crippen LogP contribution in [-0.4, -0.2) is 94.7 Å². The van der Waals surface area contributed by atoms with Gasteiger partial charge in [0.25, 0.3) is 0 Å². The van der Waals surface area contributed by atoms with Gasteiger partial charge in [-0.2, -0.15) is 0 Å². The van der Waals surface area contributed by atoms with Crippen LogP contribution in [0.4, 0.5) is 4.79 Å². The first kappa shape index (κ1) is 36.5. The van der Waals surface area contributed by atoms with E-state index in [1.807, 2.05) is 0 Å². The van der Waals surface area contributed by atoms with Crippen molar-refractivity contribution in [3.63, 3.8) is 0 Å². The topological polar surface area (TPSA) is 239 Å². The van der Waals surface area contributed by atoms with Gasteiger partial charge in [-0.15, -0.1) is 0 Å². The number of aliphatic carboxylic acids is 1. The van der Waals surface area contributed by atoms with Gasteiger partial charge in [0.05, 0.1) is 0 Å². The molecule has 0 spiro atoms. The van der Waals surface area contributed by atoms with Crippen molar-refractivity contribution < 1.29 is 38.9 Å². The van der Waals surface area contributed by atoms with Crippen LogP contribution in [0.1, 0.15) is 53.0 Å². The molecule has 1 aromatic rings. The fourth-order valence-corrected chi connectivity index (χ4v) is 3.75. The van der Waals surface area contributed by atoms with E-state index < -0.39 is 66.0 Å². The van der Waals surface area contributed by atoms with E-state index in [0.29, 0.717) is 12.0 Å². The Kier molecular flexibility index (Phi) is 14.2. The Labute approximate surface area is 251 Å². The number of aromatic hydroxyl groups is 1. The zero-order chi connectivity index (χ0) is 32.9. The molecule has 1 aromatic carbocycles. The average Bonchev–Trinajstić information content (AvgIpc) is 2.88. The summed E-state index contributed by atoms with van der Waals surface area (Å²) < 4.78 is 5.24. The van der Waals surface area contributed by atoms with E-state index in [4.69, 9.17) is 16.2 Å². The number of nitrogens with two attached hydrogens (primary N) is 2. The summed E-state index contributed by atoms with van der Waals surface area (Å²) >= 11 is 0. The SMILES string of the molecule is CC(C)[C@H](NC(=O)[C@H](CCCN=C(N)N)NC(=O)CN(C)C(=O)OC(C)(C)C)C(=O)N[C@@H](Cc1ccc(O)cc1)C(=O)O. The molecule has 43 heavy (non-hydrogen) atoms. The van der Waals surface area contributed by atoms with Crippen LogP contribution in [0.15, 0.2) is 29.3 Å². The number of carboxylic acids is 1. The highest BCUT2D eigenvalue weighted by molar-refractivity contribution is 5.94. The standard InChI is InChI=1S/C28H45N7O8/c1-16(2)22(24(39)33-20(25(40)41)14-17-9-11-18(36)12-10-17)34-23(38)19(8-7-13-31-26(29)30)32-21(37)15-35(6)27(42)43-28(3,4)5/h9-12,16,19-20,22,36H,7-8,13-15H2,1-6H3,(H,32,37)(H,33,39)(H,34,38)(H,40,41)(H4,29,30,31)/t19-,20-,22-/m0/s1. The van der Waals surface area contributed by atoms with Crippen molar-refractivity contribution >= 4 is 35.7 Å². The number of nitrogens with one attached hydrogen (secondary N) is 3. The largest absolute Gasteiger partial charge is 0.508 e. The van der Waals surface area contributed by atoms with Crippen LogP contribution in [0.2, 0.25) is 0 Å². The Morgan fingerprint density at radius 2 is 1.58 bits per heavy atom. The van der Waals surface area contributed by atoms with Crippen LogP contribution in [-0.2, 0) is 30.3 Å². The summed E-state index contributed by atoms with van der Waals surface area (Å²) in [6, 6.07) is 2.30. The van der Waals surface area contributed by atoms with Crippen molar-refractivity contribution in [3.05, 3.63) is 29.8 Å². The second kappa shape index (κ2) is 16.8. The maximum atomic E-state index is 13.3. The van der Waals surface area contributed by atoms with E-state index in [9.17, 15) is 34.2 Å². The number of phenolic OH excluding ortho intramolecular Hbond substituents is 1. The highest BCUT2D eigenvalue weighted by atomic mass is 16.6. The fraction of sp³-hybridized carbons (Fsp3) is 0.571. The number of aliphatic imine (C=N–C) groups is 1. The first-order chi connectivity index (χ1) is 19.9. The van der Waals surface area contributed by atoms with E-state index in [0.717, 1.165) is 4.90 Å². The number of nitrogens with zero attached hydrogens (tertiary/aromatic N) is 2. The Balaban J connectivity index is 3.02. The summed E-state index contributed by atoms with van der Waals surface area (Å²) in [4.78, 5) is 68.4. The van der Waals surface area contributed by atoms with Gasteiger partial charge in [-0.05, 0) is 57.2 Å². The number of carbonyl (C=O) groups is 5. The molecule has 0 aliphatic carbocycles. The van der Waals surface area contributed by atoms with Crippen LogP contribution in [0, 0.1) is 5.92 Å². The lowest BCUT2D eigenvalue weighted by Gasteiger charge is -2.27. The van der Waals surface area contributed by atoms with Gasteiger partial charge in [0, 0.05) is 20.0 Å². The molecule has 0 bridgehead atoms. The predicted octanol–water partition coefficient (Wildman–Crippen LogP) is 0.0502. The van der Waals surface area contributed by atoms with Gasteiger partial charge >= 0.3 is 12.1 Å². The summed E-state index contributed by atoms with van der Waals surface area (Å²) in [5.41, 5.74) is 10.5. The summed E-state index contributed by atoms with van der Waals surface area (Å²) in [5, 5.41) is 26.8. The molecule has 15 heteroatoms. The number of likely N-dealkylation sites (N-methyl/N-ethyl adjacent to an activating group) is 1. The molecule has 0 aliphatic rings. The first-order valence-electron chi connectivity index (χ1n) is 13.8. The number of guanidine groups is 1. The van der Waals surface area contributed by atoms with Gasteiger partial charge in [0.15, 0.2) is 5.96 Å². The first-order valence-corrected chi connectivity index (χ1v) is 13.8. The van der Waals surface area contributed by atoms with Crippen molar-refractivity contribution in [1.82, 2.24) is 20.9 Å². The number of phenols is 1. The van der Waals surface area contributed by atoms with Crippen LogP contribution in [0.3, 0.4) is 0 Å². The second-order valence-electron chi connectivity index (χ2n) is 11.4. The highest BCUT2D eigenvalue weighted by Gasteiger charge is 2.32. The summed E-state index contributed by atoms with van der Waals surface area (Å²) in [7, 11) is 1.37. The minimum Gasteiger partial charge on any atom is -0.508 e. The predicted molar refractivity (Wildman–Crippen MR) is 159 cm³/mol. The molecule has 4 amide bonds. The molecule has 9 N–H and O–H groups in total. The third-order valence-corrected chi connectivity index (χ3v) is 5.92. The van der Waals surface area contributed by atoms with Crippen molar-refractivity contribution in [3.8, 4) is 5.75 Å². The third kappa shape index (κ3) is 14.3. The lowest BCUT2D eigenvalue weighted by Crippen LogP contribution is -2.58. The van der Waals surface area contributed by atoms with Crippen molar-refractivity contribution in [2.45, 2.75) is 77.6 Å². The number of ether oxygens (including phenoxy) is 1. The fourth-order valence-electron chi connectivity index (χ4n) is 3.75. The average molecular weight is 608 g/mol. The number of hydrogen-bond acceptors (Lipinski definition) is 8. The van der Waals surface area contributed by atoms with E-state index in [2.05, 4.69) is 20.9 Å². The van der Waals surface area contributed by atoms with E-state index in [-0.39, 0.29) is 31.1 Å². The molecule has 0 aromatic heterocycles. The van der Waals surface area contributed by atoms with E-state index in [1.54, 1.807) is 34.6 Å². The van der Waals surface area contributed by atoms with Gasteiger partial charge in [-0.25, -0.2) is 9.59 Å². The van der Waals surface area contributed by atoms with Crippen LogP contribution in [0.5, 0.6) is 5.75 Å². The number of hydrogen-bond donors (Lipinski definition) is 7. The van der Waals surface area contributed by atoms with Crippen LogP contribution in [0.25, 0.3) is 0 Å². The monoisotopic (exact) mass is 607 g/mol. The lowest BCUT2D eigenvalue weighted by atomic mass is 10.0. The van der Waals surface area contributed by atoms with Crippen molar-refractivity contribution in [2.24, 2.45) is 22.4 Å². The molecule has 1 rings (SSSR count). The molecule has 0 heterocycles.